The summed E-state index contributed by atoms with van der Waals surface area (Å²) in [6.45, 7) is 1.29. The zero-order valence-corrected chi connectivity index (χ0v) is 11.7. The molecule has 1 N–H and O–H groups in total. The predicted molar refractivity (Wildman–Crippen MR) is 73.2 cm³/mol. The molecule has 0 radical (unpaired) electrons. The molecule has 0 spiro atoms. The van der Waals surface area contributed by atoms with Crippen LogP contribution in [0.25, 0.3) is 0 Å². The summed E-state index contributed by atoms with van der Waals surface area (Å²) < 4.78 is 44.1. The first kappa shape index (κ1) is 15.4. The van der Waals surface area contributed by atoms with Crippen LogP contribution < -0.4 is 5.32 Å². The maximum atomic E-state index is 12.9. The molecule has 112 valence electrons. The summed E-state index contributed by atoms with van der Waals surface area (Å²) in [6.07, 6.45) is -0.347. The molecule has 1 aliphatic heterocycles. The lowest BCUT2D eigenvalue weighted by molar-refractivity contribution is -0.136. The van der Waals surface area contributed by atoms with Crippen LogP contribution in [0.15, 0.2) is 18.2 Å². The van der Waals surface area contributed by atoms with E-state index in [2.05, 4.69) is 5.32 Å². The molecule has 0 amide bonds. The van der Waals surface area contributed by atoms with E-state index in [9.17, 15) is 13.2 Å². The van der Waals surface area contributed by atoms with Crippen molar-refractivity contribution in [2.45, 2.75) is 38.0 Å². The summed E-state index contributed by atoms with van der Waals surface area (Å²) in [4.78, 5) is 0. The second-order valence-electron chi connectivity index (χ2n) is 4.89. The number of alkyl halides is 3. The van der Waals surface area contributed by atoms with E-state index in [0.29, 0.717) is 6.54 Å². The summed E-state index contributed by atoms with van der Waals surface area (Å²) in [6, 6.07) is 3.78. The first-order valence-corrected chi connectivity index (χ1v) is 7.07. The molecule has 2 nitrogen and oxygen atoms in total. The van der Waals surface area contributed by atoms with Gasteiger partial charge in [0.25, 0.3) is 0 Å². The Hall–Kier alpha value is -0.940. The minimum atomic E-state index is -4.40. The minimum absolute atomic E-state index is 0.0780. The molecule has 1 aromatic rings. The van der Waals surface area contributed by atoms with Crippen LogP contribution in [0.1, 0.15) is 31.2 Å². The number of halogens is 4. The monoisotopic (exact) mass is 307 g/mol. The topological polar surface area (TPSA) is 21.3 Å². The molecule has 0 aliphatic carbocycles. The third-order valence-electron chi connectivity index (χ3n) is 3.33. The van der Waals surface area contributed by atoms with Crippen LogP contribution in [0.2, 0.25) is 5.02 Å². The lowest BCUT2D eigenvalue weighted by Crippen LogP contribution is -2.13. The highest BCUT2D eigenvalue weighted by Gasteiger charge is 2.33. The molecule has 0 saturated carbocycles. The van der Waals surface area contributed by atoms with E-state index < -0.39 is 11.7 Å². The quantitative estimate of drug-likeness (QED) is 0.794. The van der Waals surface area contributed by atoms with Gasteiger partial charge in [0.2, 0.25) is 0 Å². The van der Waals surface area contributed by atoms with Crippen LogP contribution in [0.5, 0.6) is 0 Å². The Morgan fingerprint density at radius 2 is 2.15 bits per heavy atom. The number of nitrogens with one attached hydrogen (secondary N) is 1. The van der Waals surface area contributed by atoms with Crippen molar-refractivity contribution < 1.29 is 17.9 Å². The van der Waals surface area contributed by atoms with Gasteiger partial charge in [-0.2, -0.15) is 13.2 Å². The maximum absolute atomic E-state index is 12.9. The molecule has 1 heterocycles. The second kappa shape index (κ2) is 6.68. The summed E-state index contributed by atoms with van der Waals surface area (Å²) >= 11 is 5.63. The normalized spacial score (nSPS) is 19.3. The fraction of sp³-hybridized carbons (Fsp3) is 0.571. The van der Waals surface area contributed by atoms with Gasteiger partial charge in [0.1, 0.15) is 0 Å². The fourth-order valence-electron chi connectivity index (χ4n) is 2.33. The molecule has 1 unspecified atom stereocenters. The highest BCUT2D eigenvalue weighted by molar-refractivity contribution is 6.30. The predicted octanol–water partition coefficient (Wildman–Crippen LogP) is 4.73. The van der Waals surface area contributed by atoms with Crippen LogP contribution in [-0.2, 0) is 10.9 Å². The minimum Gasteiger partial charge on any atom is -0.385 e. The molecule has 1 fully saturated rings. The first-order chi connectivity index (χ1) is 9.47. The van der Waals surface area contributed by atoms with E-state index >= 15 is 0 Å². The standard InChI is InChI=1S/C14H17ClF3NO/c15-10-5-6-13(12(9-10)14(16,17)18)19-7-1-3-11-4-2-8-20-11/h5-6,9,11,19H,1-4,7-8H2. The fourth-order valence-corrected chi connectivity index (χ4v) is 2.50. The van der Waals surface area contributed by atoms with Gasteiger partial charge in [-0.1, -0.05) is 11.6 Å². The van der Waals surface area contributed by atoms with Gasteiger partial charge in [0.15, 0.2) is 0 Å². The molecule has 0 aromatic heterocycles. The Morgan fingerprint density at radius 1 is 1.35 bits per heavy atom. The molecular weight excluding hydrogens is 291 g/mol. The van der Waals surface area contributed by atoms with E-state index in [1.807, 2.05) is 0 Å². The molecule has 1 aromatic carbocycles. The van der Waals surface area contributed by atoms with E-state index in [4.69, 9.17) is 16.3 Å². The van der Waals surface area contributed by atoms with Gasteiger partial charge < -0.3 is 10.1 Å². The summed E-state index contributed by atoms with van der Waals surface area (Å²) in [7, 11) is 0. The van der Waals surface area contributed by atoms with Crippen LogP contribution in [0.4, 0.5) is 18.9 Å². The molecule has 0 bridgehead atoms. The third kappa shape index (κ3) is 4.28. The van der Waals surface area contributed by atoms with Crippen molar-refractivity contribution in [3.8, 4) is 0 Å². The number of rotatable bonds is 5. The van der Waals surface area contributed by atoms with Gasteiger partial charge in [-0.3, -0.25) is 0 Å². The number of benzene rings is 1. The number of hydrogen-bond donors (Lipinski definition) is 1. The van der Waals surface area contributed by atoms with Crippen molar-refractivity contribution >= 4 is 17.3 Å². The Kier molecular flexibility index (Phi) is 5.16. The van der Waals surface area contributed by atoms with Gasteiger partial charge >= 0.3 is 6.18 Å². The highest BCUT2D eigenvalue weighted by atomic mass is 35.5. The summed E-state index contributed by atoms with van der Waals surface area (Å²) in [5.41, 5.74) is -0.642. The van der Waals surface area contributed by atoms with E-state index in [0.717, 1.165) is 38.4 Å². The van der Waals surface area contributed by atoms with Gasteiger partial charge in [-0.25, -0.2) is 0 Å². The molecular formula is C14H17ClF3NO. The molecule has 2 rings (SSSR count). The van der Waals surface area contributed by atoms with Crippen molar-refractivity contribution in [1.82, 2.24) is 0 Å². The van der Waals surface area contributed by atoms with Gasteiger partial charge in [-0.05, 0) is 43.9 Å². The van der Waals surface area contributed by atoms with Crippen LogP contribution in [0.3, 0.4) is 0 Å². The van der Waals surface area contributed by atoms with Gasteiger partial charge in [0.05, 0.1) is 11.7 Å². The smallest absolute Gasteiger partial charge is 0.385 e. The average Bonchev–Trinajstić information content (AvgIpc) is 2.88. The van der Waals surface area contributed by atoms with E-state index in [-0.39, 0.29) is 16.8 Å². The van der Waals surface area contributed by atoms with Gasteiger partial charge in [-0.15, -0.1) is 0 Å². The van der Waals surface area contributed by atoms with Crippen LogP contribution in [0, 0.1) is 0 Å². The molecule has 1 saturated heterocycles. The average molecular weight is 308 g/mol. The molecule has 6 heteroatoms. The molecule has 1 aliphatic rings. The molecule has 1 atom stereocenters. The lowest BCUT2D eigenvalue weighted by Gasteiger charge is -2.15. The third-order valence-corrected chi connectivity index (χ3v) is 3.56. The molecule has 20 heavy (non-hydrogen) atoms. The number of ether oxygens (including phenoxy) is 1. The number of hydrogen-bond acceptors (Lipinski definition) is 2. The Morgan fingerprint density at radius 3 is 2.80 bits per heavy atom. The largest absolute Gasteiger partial charge is 0.418 e. The van der Waals surface area contributed by atoms with Gasteiger partial charge in [0, 0.05) is 23.9 Å². The maximum Gasteiger partial charge on any atom is 0.418 e. The zero-order chi connectivity index (χ0) is 14.6. The second-order valence-corrected chi connectivity index (χ2v) is 5.33. The van der Waals surface area contributed by atoms with Crippen molar-refractivity contribution in [2.24, 2.45) is 0 Å². The van der Waals surface area contributed by atoms with Crippen LogP contribution >= 0.6 is 11.6 Å². The van der Waals surface area contributed by atoms with E-state index in [1.54, 1.807) is 0 Å². The zero-order valence-electron chi connectivity index (χ0n) is 11.0. The Balaban J connectivity index is 1.88. The SMILES string of the molecule is FC(F)(F)c1cc(Cl)ccc1NCCCC1CCCO1. The van der Waals surface area contributed by atoms with Crippen molar-refractivity contribution in [3.63, 3.8) is 0 Å². The Bertz CT molecular complexity index is 445. The van der Waals surface area contributed by atoms with E-state index in [1.165, 1.54) is 12.1 Å². The summed E-state index contributed by atoms with van der Waals surface area (Å²) in [5, 5.41) is 2.92. The van der Waals surface area contributed by atoms with Crippen molar-refractivity contribution in [1.29, 1.82) is 0 Å². The lowest BCUT2D eigenvalue weighted by atomic mass is 10.1. The first-order valence-electron chi connectivity index (χ1n) is 6.69. The van der Waals surface area contributed by atoms with Crippen LogP contribution in [-0.4, -0.2) is 19.3 Å². The highest BCUT2D eigenvalue weighted by Crippen LogP contribution is 2.36. The Labute approximate surface area is 121 Å². The van der Waals surface area contributed by atoms with Crippen molar-refractivity contribution in [2.75, 3.05) is 18.5 Å². The van der Waals surface area contributed by atoms with Crippen molar-refractivity contribution in [3.05, 3.63) is 28.8 Å². The number of anilines is 1. The summed E-state index contributed by atoms with van der Waals surface area (Å²) in [5.74, 6) is 0.